The molecule has 2 aromatic carbocycles. The summed E-state index contributed by atoms with van der Waals surface area (Å²) in [6, 6.07) is 10.2. The molecule has 0 bridgehead atoms. The van der Waals surface area contributed by atoms with Crippen LogP contribution >= 0.6 is 11.3 Å². The third-order valence-electron chi connectivity index (χ3n) is 5.63. The fourth-order valence-corrected chi connectivity index (χ4v) is 6.72. The molecule has 2 atom stereocenters. The van der Waals surface area contributed by atoms with Gasteiger partial charge in [0.15, 0.2) is 4.80 Å². The van der Waals surface area contributed by atoms with Crippen LogP contribution in [0.3, 0.4) is 0 Å². The summed E-state index contributed by atoms with van der Waals surface area (Å²) in [6.07, 6.45) is -0.394. The molecule has 1 amide bonds. The number of benzene rings is 2. The van der Waals surface area contributed by atoms with Crippen LogP contribution in [0.4, 0.5) is 4.39 Å². The molecule has 0 radical (unpaired) electrons. The molecule has 0 saturated carbocycles. The van der Waals surface area contributed by atoms with Gasteiger partial charge >= 0.3 is 0 Å². The van der Waals surface area contributed by atoms with Crippen LogP contribution in [0.1, 0.15) is 31.1 Å². The van der Waals surface area contributed by atoms with Crippen molar-refractivity contribution in [2.24, 2.45) is 4.99 Å². The predicted octanol–water partition coefficient (Wildman–Crippen LogP) is 3.42. The number of fused-ring (bicyclic) bond motifs is 1. The first-order chi connectivity index (χ1) is 16.7. The zero-order valence-corrected chi connectivity index (χ0v) is 21.4. The van der Waals surface area contributed by atoms with E-state index in [1.54, 1.807) is 6.07 Å². The standard InChI is InChI=1S/C24H28FN3O5S2/c1-4-32-12-11-28-21-10-7-19(25)13-22(21)34-24(28)26-23(29)18-5-8-20(9-6-18)35(30,31)27-14-16(2)33-17(3)15-27/h5-10,13,16-17H,4,11-12,14-15H2,1-3H3/t16-,17+. The molecule has 1 aromatic heterocycles. The number of morpholine rings is 1. The van der Waals surface area contributed by atoms with Crippen molar-refractivity contribution < 1.29 is 27.1 Å². The second-order valence-electron chi connectivity index (χ2n) is 8.37. The van der Waals surface area contributed by atoms with E-state index >= 15 is 0 Å². The van der Waals surface area contributed by atoms with E-state index < -0.39 is 15.9 Å². The van der Waals surface area contributed by atoms with Crippen LogP contribution in [0.15, 0.2) is 52.4 Å². The summed E-state index contributed by atoms with van der Waals surface area (Å²) in [4.78, 5) is 17.7. The number of rotatable bonds is 7. The molecule has 1 aliphatic rings. The Hall–Kier alpha value is -2.44. The van der Waals surface area contributed by atoms with Gasteiger partial charge in [0.05, 0.1) is 33.9 Å². The summed E-state index contributed by atoms with van der Waals surface area (Å²) in [7, 11) is -3.71. The lowest BCUT2D eigenvalue weighted by Crippen LogP contribution is -2.48. The van der Waals surface area contributed by atoms with Gasteiger partial charge in [-0.25, -0.2) is 12.8 Å². The second kappa shape index (κ2) is 10.7. The molecule has 1 aliphatic heterocycles. The Balaban J connectivity index is 1.62. The molecule has 2 heterocycles. The molecular weight excluding hydrogens is 493 g/mol. The lowest BCUT2D eigenvalue weighted by molar-refractivity contribution is -0.0440. The van der Waals surface area contributed by atoms with Crippen LogP contribution < -0.4 is 4.80 Å². The Kier molecular flexibility index (Phi) is 7.82. The van der Waals surface area contributed by atoms with E-state index in [0.717, 1.165) is 5.52 Å². The quantitative estimate of drug-likeness (QED) is 0.445. The van der Waals surface area contributed by atoms with E-state index in [0.29, 0.717) is 29.3 Å². The van der Waals surface area contributed by atoms with Crippen LogP contribution in [0.5, 0.6) is 0 Å². The van der Waals surface area contributed by atoms with Crippen molar-refractivity contribution in [2.45, 2.75) is 44.4 Å². The van der Waals surface area contributed by atoms with Crippen LogP contribution in [0.2, 0.25) is 0 Å². The van der Waals surface area contributed by atoms with Gasteiger partial charge in [-0.2, -0.15) is 9.30 Å². The number of amides is 1. The van der Waals surface area contributed by atoms with E-state index in [4.69, 9.17) is 9.47 Å². The van der Waals surface area contributed by atoms with Crippen molar-refractivity contribution in [2.75, 3.05) is 26.3 Å². The topological polar surface area (TPSA) is 90.2 Å². The van der Waals surface area contributed by atoms with Crippen molar-refractivity contribution in [1.29, 1.82) is 0 Å². The maximum atomic E-state index is 13.7. The van der Waals surface area contributed by atoms with Crippen molar-refractivity contribution in [3.05, 3.63) is 58.6 Å². The first-order valence-electron chi connectivity index (χ1n) is 11.4. The minimum absolute atomic E-state index is 0.111. The summed E-state index contributed by atoms with van der Waals surface area (Å²) in [5, 5.41) is 0. The molecule has 0 aliphatic carbocycles. The van der Waals surface area contributed by atoms with E-state index in [-0.39, 0.29) is 41.6 Å². The molecule has 188 valence electrons. The third kappa shape index (κ3) is 5.70. The Morgan fingerprint density at radius 3 is 2.51 bits per heavy atom. The molecular formula is C24H28FN3O5S2. The number of sulfonamides is 1. The van der Waals surface area contributed by atoms with Crippen LogP contribution in [0, 0.1) is 5.82 Å². The number of thiazole rings is 1. The molecule has 11 heteroatoms. The van der Waals surface area contributed by atoms with Gasteiger partial charge < -0.3 is 14.0 Å². The third-order valence-corrected chi connectivity index (χ3v) is 8.52. The number of nitrogens with zero attached hydrogens (tertiary/aromatic N) is 3. The number of carbonyl (C=O) groups is 1. The van der Waals surface area contributed by atoms with Crippen molar-refractivity contribution >= 4 is 37.5 Å². The van der Waals surface area contributed by atoms with Gasteiger partial charge in [0.2, 0.25) is 10.0 Å². The normalized spacial score (nSPS) is 19.9. The highest BCUT2D eigenvalue weighted by atomic mass is 32.2. The molecule has 1 saturated heterocycles. The first kappa shape index (κ1) is 25.6. The summed E-state index contributed by atoms with van der Waals surface area (Å²) in [5.74, 6) is -0.880. The fourth-order valence-electron chi connectivity index (χ4n) is 4.05. The average Bonchev–Trinajstić information content (AvgIpc) is 3.14. The Bertz CT molecular complexity index is 1370. The summed E-state index contributed by atoms with van der Waals surface area (Å²) in [5.41, 5.74) is 1.02. The zero-order chi connectivity index (χ0) is 25.2. The molecule has 8 nitrogen and oxygen atoms in total. The molecule has 0 N–H and O–H groups in total. The SMILES string of the molecule is CCOCCn1c(=NC(=O)c2ccc(S(=O)(=O)N3C[C@@H](C)O[C@@H](C)C3)cc2)sc2cc(F)ccc21. The molecule has 4 rings (SSSR count). The summed E-state index contributed by atoms with van der Waals surface area (Å²) < 4.78 is 54.8. The molecule has 0 spiro atoms. The Morgan fingerprint density at radius 2 is 1.86 bits per heavy atom. The predicted molar refractivity (Wildman–Crippen MR) is 131 cm³/mol. The van der Waals surface area contributed by atoms with Crippen molar-refractivity contribution in [3.63, 3.8) is 0 Å². The molecule has 1 fully saturated rings. The highest BCUT2D eigenvalue weighted by Gasteiger charge is 2.32. The van der Waals surface area contributed by atoms with Gasteiger partial charge in [0, 0.05) is 31.8 Å². The molecule has 35 heavy (non-hydrogen) atoms. The van der Waals surface area contributed by atoms with E-state index in [1.165, 1.54) is 52.0 Å². The lowest BCUT2D eigenvalue weighted by Gasteiger charge is -2.34. The van der Waals surface area contributed by atoms with E-state index in [1.807, 2.05) is 25.3 Å². The average molecular weight is 522 g/mol. The number of hydrogen-bond donors (Lipinski definition) is 0. The smallest absolute Gasteiger partial charge is 0.279 e. The summed E-state index contributed by atoms with van der Waals surface area (Å²) in [6.45, 7) is 7.55. The number of ether oxygens (including phenoxy) is 2. The van der Waals surface area contributed by atoms with Gasteiger partial charge in [-0.3, -0.25) is 4.79 Å². The van der Waals surface area contributed by atoms with Crippen LogP contribution in [-0.4, -0.2) is 61.7 Å². The largest absolute Gasteiger partial charge is 0.380 e. The maximum absolute atomic E-state index is 13.7. The van der Waals surface area contributed by atoms with Crippen LogP contribution in [0.25, 0.3) is 10.2 Å². The van der Waals surface area contributed by atoms with Crippen molar-refractivity contribution in [1.82, 2.24) is 8.87 Å². The number of halogens is 1. The van der Waals surface area contributed by atoms with E-state index in [9.17, 15) is 17.6 Å². The molecule has 0 unspecified atom stereocenters. The van der Waals surface area contributed by atoms with Gasteiger partial charge in [0.25, 0.3) is 5.91 Å². The number of carbonyl (C=O) groups excluding carboxylic acids is 1. The first-order valence-corrected chi connectivity index (χ1v) is 13.7. The van der Waals surface area contributed by atoms with Gasteiger partial charge in [0.1, 0.15) is 5.82 Å². The highest BCUT2D eigenvalue weighted by molar-refractivity contribution is 7.89. The van der Waals surface area contributed by atoms with Gasteiger partial charge in [-0.15, -0.1) is 0 Å². The van der Waals surface area contributed by atoms with Gasteiger partial charge in [-0.05, 0) is 63.2 Å². The van der Waals surface area contributed by atoms with E-state index in [2.05, 4.69) is 4.99 Å². The minimum atomic E-state index is -3.71. The van der Waals surface area contributed by atoms with Crippen LogP contribution in [-0.2, 0) is 26.0 Å². The number of hydrogen-bond acceptors (Lipinski definition) is 6. The Morgan fingerprint density at radius 1 is 1.17 bits per heavy atom. The second-order valence-corrected chi connectivity index (χ2v) is 11.3. The fraction of sp³-hybridized carbons (Fsp3) is 0.417. The Labute approximate surface area is 207 Å². The monoisotopic (exact) mass is 521 g/mol. The van der Waals surface area contributed by atoms with Crippen molar-refractivity contribution in [3.8, 4) is 0 Å². The number of aromatic nitrogens is 1. The lowest BCUT2D eigenvalue weighted by atomic mass is 10.2. The zero-order valence-electron chi connectivity index (χ0n) is 19.8. The summed E-state index contributed by atoms with van der Waals surface area (Å²) >= 11 is 1.21. The highest BCUT2D eigenvalue weighted by Crippen LogP contribution is 2.22. The maximum Gasteiger partial charge on any atom is 0.279 e. The minimum Gasteiger partial charge on any atom is -0.380 e. The molecule has 3 aromatic rings. The van der Waals surface area contributed by atoms with Gasteiger partial charge in [-0.1, -0.05) is 11.3 Å².